The molecule has 23 heavy (non-hydrogen) atoms. The third-order valence-electron chi connectivity index (χ3n) is 3.64. The zero-order valence-electron chi connectivity index (χ0n) is 14.1. The molecule has 2 amide bonds. The SMILES string of the molecule is Cc1cc(-n2c(C)cc(C(=O)NCCC(=O)N(C)C)c2C)no1. The molecule has 2 heterocycles. The van der Waals surface area contributed by atoms with E-state index in [1.165, 1.54) is 4.90 Å². The van der Waals surface area contributed by atoms with Gasteiger partial charge < -0.3 is 14.7 Å². The second-order valence-corrected chi connectivity index (χ2v) is 5.71. The molecule has 0 radical (unpaired) electrons. The van der Waals surface area contributed by atoms with E-state index < -0.39 is 0 Å². The van der Waals surface area contributed by atoms with Crippen LogP contribution in [-0.4, -0.2) is 47.1 Å². The molecule has 7 heteroatoms. The van der Waals surface area contributed by atoms with Crippen molar-refractivity contribution in [3.05, 3.63) is 34.8 Å². The van der Waals surface area contributed by atoms with Crippen molar-refractivity contribution in [1.82, 2.24) is 19.9 Å². The van der Waals surface area contributed by atoms with E-state index in [2.05, 4.69) is 10.5 Å². The Bertz CT molecular complexity index is 728. The highest BCUT2D eigenvalue weighted by Crippen LogP contribution is 2.20. The predicted molar refractivity (Wildman–Crippen MR) is 85.7 cm³/mol. The predicted octanol–water partition coefficient (Wildman–Crippen LogP) is 1.60. The summed E-state index contributed by atoms with van der Waals surface area (Å²) < 4.78 is 6.97. The van der Waals surface area contributed by atoms with Gasteiger partial charge >= 0.3 is 0 Å². The molecule has 0 aromatic carbocycles. The van der Waals surface area contributed by atoms with Gasteiger partial charge in [0.05, 0.1) is 5.56 Å². The van der Waals surface area contributed by atoms with Crippen molar-refractivity contribution in [2.24, 2.45) is 0 Å². The lowest BCUT2D eigenvalue weighted by Crippen LogP contribution is -2.30. The van der Waals surface area contributed by atoms with Crippen LogP contribution in [-0.2, 0) is 4.79 Å². The van der Waals surface area contributed by atoms with Gasteiger partial charge in [-0.2, -0.15) is 0 Å². The third-order valence-corrected chi connectivity index (χ3v) is 3.64. The zero-order chi connectivity index (χ0) is 17.1. The van der Waals surface area contributed by atoms with Gasteiger partial charge in [-0.05, 0) is 26.8 Å². The summed E-state index contributed by atoms with van der Waals surface area (Å²) in [6.45, 7) is 5.89. The summed E-state index contributed by atoms with van der Waals surface area (Å²) in [6, 6.07) is 3.62. The molecule has 0 saturated carbocycles. The van der Waals surface area contributed by atoms with Gasteiger partial charge in [0.25, 0.3) is 5.91 Å². The third kappa shape index (κ3) is 3.61. The zero-order valence-corrected chi connectivity index (χ0v) is 14.1. The van der Waals surface area contributed by atoms with Gasteiger partial charge in [-0.15, -0.1) is 0 Å². The van der Waals surface area contributed by atoms with Gasteiger partial charge in [0.2, 0.25) is 5.91 Å². The van der Waals surface area contributed by atoms with E-state index in [-0.39, 0.29) is 18.2 Å². The maximum absolute atomic E-state index is 12.3. The Morgan fingerprint density at radius 1 is 1.26 bits per heavy atom. The number of aromatic nitrogens is 2. The molecule has 0 spiro atoms. The van der Waals surface area contributed by atoms with Crippen LogP contribution in [0, 0.1) is 20.8 Å². The van der Waals surface area contributed by atoms with Crippen LogP contribution in [0.1, 0.15) is 33.9 Å². The Labute approximate surface area is 135 Å². The lowest BCUT2D eigenvalue weighted by Gasteiger charge is -2.10. The van der Waals surface area contributed by atoms with Gasteiger partial charge in [0.1, 0.15) is 5.76 Å². The number of carbonyl (C=O) groups excluding carboxylic acids is 2. The second kappa shape index (κ2) is 6.68. The Morgan fingerprint density at radius 3 is 2.52 bits per heavy atom. The summed E-state index contributed by atoms with van der Waals surface area (Å²) in [5, 5.41) is 6.77. The lowest BCUT2D eigenvalue weighted by molar-refractivity contribution is -0.128. The number of carbonyl (C=O) groups is 2. The summed E-state index contributed by atoms with van der Waals surface area (Å²) in [7, 11) is 3.38. The topological polar surface area (TPSA) is 80.4 Å². The molecular weight excluding hydrogens is 296 g/mol. The smallest absolute Gasteiger partial charge is 0.253 e. The number of nitrogens with zero attached hydrogens (tertiary/aromatic N) is 3. The molecule has 0 unspecified atom stereocenters. The number of aryl methyl sites for hydroxylation is 2. The molecular formula is C16H22N4O3. The number of amides is 2. The number of rotatable bonds is 5. The number of hydrogen-bond acceptors (Lipinski definition) is 4. The van der Waals surface area contributed by atoms with Crippen LogP contribution in [0.15, 0.2) is 16.7 Å². The quantitative estimate of drug-likeness (QED) is 0.908. The van der Waals surface area contributed by atoms with Crippen LogP contribution in [0.4, 0.5) is 0 Å². The molecule has 2 rings (SSSR count). The minimum atomic E-state index is -0.198. The Hall–Kier alpha value is -2.57. The van der Waals surface area contributed by atoms with Crippen molar-refractivity contribution < 1.29 is 14.1 Å². The van der Waals surface area contributed by atoms with Crippen LogP contribution in [0.3, 0.4) is 0 Å². The molecule has 124 valence electrons. The standard InChI is InChI=1S/C16H22N4O3/c1-10-8-13(16(22)17-7-6-15(21)19(4)5)12(3)20(10)14-9-11(2)23-18-14/h8-9H,6-7H2,1-5H3,(H,17,22). The summed E-state index contributed by atoms with van der Waals surface area (Å²) >= 11 is 0. The summed E-state index contributed by atoms with van der Waals surface area (Å²) in [4.78, 5) is 25.4. The highest BCUT2D eigenvalue weighted by Gasteiger charge is 2.18. The minimum absolute atomic E-state index is 0.0196. The summed E-state index contributed by atoms with van der Waals surface area (Å²) in [6.07, 6.45) is 0.278. The van der Waals surface area contributed by atoms with Crippen LogP contribution >= 0.6 is 0 Å². The Balaban J connectivity index is 2.12. The Kier molecular flexibility index (Phi) is 4.88. The molecule has 0 bridgehead atoms. The molecule has 0 aliphatic rings. The van der Waals surface area contributed by atoms with E-state index >= 15 is 0 Å². The van der Waals surface area contributed by atoms with Gasteiger partial charge in [0.15, 0.2) is 5.82 Å². The average Bonchev–Trinajstić information content (AvgIpc) is 3.02. The number of hydrogen-bond donors (Lipinski definition) is 1. The van der Waals surface area contributed by atoms with Crippen molar-refractivity contribution >= 4 is 11.8 Å². The second-order valence-electron chi connectivity index (χ2n) is 5.71. The summed E-state index contributed by atoms with van der Waals surface area (Å²) in [5.74, 6) is 1.14. The monoisotopic (exact) mass is 318 g/mol. The van der Waals surface area contributed by atoms with Gasteiger partial charge in [0, 0.05) is 44.5 Å². The first kappa shape index (κ1) is 16.8. The molecule has 7 nitrogen and oxygen atoms in total. The van der Waals surface area contributed by atoms with Gasteiger partial charge in [-0.1, -0.05) is 5.16 Å². The van der Waals surface area contributed by atoms with Crippen molar-refractivity contribution in [3.8, 4) is 5.82 Å². The van der Waals surface area contributed by atoms with Crippen molar-refractivity contribution in [1.29, 1.82) is 0 Å². The van der Waals surface area contributed by atoms with Crippen LogP contribution in [0.5, 0.6) is 0 Å². The molecule has 0 aliphatic heterocycles. The molecule has 0 atom stereocenters. The Morgan fingerprint density at radius 2 is 1.96 bits per heavy atom. The lowest BCUT2D eigenvalue weighted by atomic mass is 10.2. The maximum Gasteiger partial charge on any atom is 0.253 e. The fourth-order valence-corrected chi connectivity index (χ4v) is 2.41. The largest absolute Gasteiger partial charge is 0.360 e. The van der Waals surface area contributed by atoms with Crippen molar-refractivity contribution in [2.45, 2.75) is 27.2 Å². The van der Waals surface area contributed by atoms with Crippen LogP contribution in [0.25, 0.3) is 5.82 Å². The highest BCUT2D eigenvalue weighted by molar-refractivity contribution is 5.96. The molecule has 2 aromatic heterocycles. The number of nitrogens with one attached hydrogen (secondary N) is 1. The van der Waals surface area contributed by atoms with Gasteiger partial charge in [-0.3, -0.25) is 14.2 Å². The fourth-order valence-electron chi connectivity index (χ4n) is 2.41. The van der Waals surface area contributed by atoms with E-state index in [0.717, 1.165) is 11.4 Å². The molecule has 0 saturated heterocycles. The van der Waals surface area contributed by atoms with Crippen LogP contribution in [0.2, 0.25) is 0 Å². The molecule has 0 fully saturated rings. The average molecular weight is 318 g/mol. The van der Waals surface area contributed by atoms with Crippen LogP contribution < -0.4 is 5.32 Å². The highest BCUT2D eigenvalue weighted by atomic mass is 16.5. The fraction of sp³-hybridized carbons (Fsp3) is 0.438. The van der Waals surface area contributed by atoms with Gasteiger partial charge in [-0.25, -0.2) is 0 Å². The van der Waals surface area contributed by atoms with E-state index in [9.17, 15) is 9.59 Å². The minimum Gasteiger partial charge on any atom is -0.360 e. The molecule has 2 aromatic rings. The van der Waals surface area contributed by atoms with E-state index in [1.54, 1.807) is 14.1 Å². The maximum atomic E-state index is 12.3. The first-order chi connectivity index (χ1) is 10.8. The van der Waals surface area contributed by atoms with E-state index in [4.69, 9.17) is 4.52 Å². The van der Waals surface area contributed by atoms with Crippen molar-refractivity contribution in [3.63, 3.8) is 0 Å². The first-order valence-corrected chi connectivity index (χ1v) is 7.42. The van der Waals surface area contributed by atoms with E-state index in [0.29, 0.717) is 23.7 Å². The summed E-state index contributed by atoms with van der Waals surface area (Å²) in [5.41, 5.74) is 2.25. The molecule has 1 N–H and O–H groups in total. The van der Waals surface area contributed by atoms with Crippen molar-refractivity contribution in [2.75, 3.05) is 20.6 Å². The van der Waals surface area contributed by atoms with E-state index in [1.807, 2.05) is 37.5 Å². The first-order valence-electron chi connectivity index (χ1n) is 7.42. The molecule has 0 aliphatic carbocycles. The normalized spacial score (nSPS) is 10.7.